The predicted octanol–water partition coefficient (Wildman–Crippen LogP) is 8.25. The van der Waals surface area contributed by atoms with E-state index in [9.17, 15) is 0 Å². The van der Waals surface area contributed by atoms with Crippen molar-refractivity contribution in [3.63, 3.8) is 0 Å². The van der Waals surface area contributed by atoms with Gasteiger partial charge in [-0.3, -0.25) is 0 Å². The number of halogens is 1. The van der Waals surface area contributed by atoms with Crippen LogP contribution in [0.3, 0.4) is 0 Å². The van der Waals surface area contributed by atoms with Gasteiger partial charge in [-0.2, -0.15) is 0 Å². The van der Waals surface area contributed by atoms with Crippen molar-refractivity contribution in [3.8, 4) is 0 Å². The maximum Gasteiger partial charge on any atom is 0.0786 e. The normalized spacial score (nSPS) is 11.6. The highest BCUT2D eigenvalue weighted by Crippen LogP contribution is 2.19. The van der Waals surface area contributed by atoms with Crippen LogP contribution in [0.5, 0.6) is 0 Å². The summed E-state index contributed by atoms with van der Waals surface area (Å²) in [5.74, 6) is 0. The first-order valence-electron chi connectivity index (χ1n) is 16.1. The van der Waals surface area contributed by atoms with Crippen LogP contribution in [-0.4, -0.2) is 30.7 Å². The van der Waals surface area contributed by atoms with E-state index < -0.39 is 0 Å². The number of unbranched alkanes of at least 4 members (excludes halogenated alkanes) is 20. The molecule has 0 heterocycles. The van der Waals surface area contributed by atoms with E-state index in [-0.39, 0.29) is 24.0 Å². The molecule has 0 aromatic rings. The summed E-state index contributed by atoms with van der Waals surface area (Å²) in [7, 11) is 0. The lowest BCUT2D eigenvalue weighted by Crippen LogP contribution is -3.00. The lowest BCUT2D eigenvalue weighted by atomic mass is 10.0. The van der Waals surface area contributed by atoms with E-state index in [4.69, 9.17) is 0 Å². The zero-order valence-electron chi connectivity index (χ0n) is 24.6. The Kier molecular flexibility index (Phi) is 32.4. The van der Waals surface area contributed by atoms with E-state index >= 15 is 0 Å². The lowest BCUT2D eigenvalue weighted by molar-refractivity contribution is -0.929. The summed E-state index contributed by atoms with van der Waals surface area (Å²) >= 11 is 0. The van der Waals surface area contributed by atoms with Crippen LogP contribution in [0.2, 0.25) is 0 Å². The first-order chi connectivity index (χ1) is 16.2. The molecule has 0 saturated heterocycles. The molecule has 0 N–H and O–H groups in total. The SMILES string of the molecule is CCCCCCCCCCCC[N+](CCCC)(CCCC)CCCCCCCCCCCC.[I-]. The molecule has 0 fully saturated rings. The summed E-state index contributed by atoms with van der Waals surface area (Å²) in [5.41, 5.74) is 0. The molecule has 1 nitrogen and oxygen atoms in total. The van der Waals surface area contributed by atoms with E-state index in [0.717, 1.165) is 0 Å². The standard InChI is InChI=1S/C32H68N.HI/c1-5-9-13-15-17-19-21-23-25-27-31-33(29-11-7-3,30-12-8-4)32-28-26-24-22-20-18-16-14-10-6-2;/h5-32H2,1-4H3;1H/q+1;/p-1. The molecule has 0 bridgehead atoms. The second kappa shape index (κ2) is 29.9. The van der Waals surface area contributed by atoms with Crippen LogP contribution in [0.4, 0.5) is 0 Å². The molecule has 0 rings (SSSR count). The molecule has 0 unspecified atom stereocenters. The third-order valence-electron chi connectivity index (χ3n) is 7.94. The molecule has 0 aliphatic carbocycles. The Balaban J connectivity index is 0. The van der Waals surface area contributed by atoms with Crippen LogP contribution >= 0.6 is 0 Å². The minimum Gasteiger partial charge on any atom is -1.00 e. The van der Waals surface area contributed by atoms with Crippen molar-refractivity contribution in [3.05, 3.63) is 0 Å². The van der Waals surface area contributed by atoms with E-state index in [1.54, 1.807) is 0 Å². The maximum absolute atomic E-state index is 2.38. The van der Waals surface area contributed by atoms with Gasteiger partial charge < -0.3 is 28.5 Å². The van der Waals surface area contributed by atoms with E-state index in [0.29, 0.717) is 0 Å². The summed E-state index contributed by atoms with van der Waals surface area (Å²) in [5, 5.41) is 0. The van der Waals surface area contributed by atoms with Crippen molar-refractivity contribution in [2.24, 2.45) is 0 Å². The fourth-order valence-corrected chi connectivity index (χ4v) is 5.53. The van der Waals surface area contributed by atoms with Gasteiger partial charge in [0.1, 0.15) is 0 Å². The Morgan fingerprint density at radius 3 is 0.735 bits per heavy atom. The number of rotatable bonds is 28. The molecule has 0 amide bonds. The highest BCUT2D eigenvalue weighted by atomic mass is 127. The molecule has 0 atom stereocenters. The summed E-state index contributed by atoms with van der Waals surface area (Å²) in [6.07, 6.45) is 34.8. The highest BCUT2D eigenvalue weighted by Gasteiger charge is 2.25. The van der Waals surface area contributed by atoms with Gasteiger partial charge in [0.2, 0.25) is 0 Å². The number of hydrogen-bond acceptors (Lipinski definition) is 0. The molecule has 0 spiro atoms. The predicted molar refractivity (Wildman–Crippen MR) is 153 cm³/mol. The van der Waals surface area contributed by atoms with E-state index in [1.165, 1.54) is 185 Å². The molecule has 0 radical (unpaired) electrons. The number of hydrogen-bond donors (Lipinski definition) is 0. The monoisotopic (exact) mass is 593 g/mol. The molecule has 208 valence electrons. The Hall–Kier alpha value is 0.690. The first kappa shape index (κ1) is 36.8. The summed E-state index contributed by atoms with van der Waals surface area (Å²) in [4.78, 5) is 0. The van der Waals surface area contributed by atoms with Crippen molar-refractivity contribution < 1.29 is 28.5 Å². The van der Waals surface area contributed by atoms with Crippen LogP contribution in [-0.2, 0) is 0 Å². The van der Waals surface area contributed by atoms with Gasteiger partial charge in [-0.1, -0.05) is 143 Å². The average Bonchev–Trinajstić information content (AvgIpc) is 2.83. The second-order valence-corrected chi connectivity index (χ2v) is 11.3. The van der Waals surface area contributed by atoms with Gasteiger partial charge >= 0.3 is 0 Å². The molecular weight excluding hydrogens is 525 g/mol. The number of nitrogens with zero attached hydrogens (tertiary/aromatic N) is 1. The van der Waals surface area contributed by atoms with Crippen molar-refractivity contribution in [2.75, 3.05) is 26.2 Å². The van der Waals surface area contributed by atoms with Gasteiger partial charge in [0, 0.05) is 0 Å². The van der Waals surface area contributed by atoms with Crippen molar-refractivity contribution in [2.45, 2.75) is 182 Å². The minimum atomic E-state index is 0. The fourth-order valence-electron chi connectivity index (χ4n) is 5.53. The third-order valence-corrected chi connectivity index (χ3v) is 7.94. The highest BCUT2D eigenvalue weighted by molar-refractivity contribution is 4.54. The quantitative estimate of drug-likeness (QED) is 0.0487. The zero-order valence-corrected chi connectivity index (χ0v) is 26.8. The average molecular weight is 594 g/mol. The van der Waals surface area contributed by atoms with Gasteiger partial charge in [0.05, 0.1) is 26.2 Å². The topological polar surface area (TPSA) is 0 Å². The molecule has 0 aromatic heterocycles. The third kappa shape index (κ3) is 24.4. The van der Waals surface area contributed by atoms with Crippen molar-refractivity contribution in [1.29, 1.82) is 0 Å². The van der Waals surface area contributed by atoms with Crippen molar-refractivity contribution >= 4 is 0 Å². The Labute approximate surface area is 235 Å². The zero-order chi connectivity index (χ0) is 24.3. The molecule has 0 saturated carbocycles. The Morgan fingerprint density at radius 1 is 0.265 bits per heavy atom. The Bertz CT molecular complexity index is 323. The largest absolute Gasteiger partial charge is 1.00 e. The fraction of sp³-hybridized carbons (Fsp3) is 1.00. The maximum atomic E-state index is 2.38. The molecular formula is C32H68IN. The van der Waals surface area contributed by atoms with Crippen LogP contribution in [0.15, 0.2) is 0 Å². The Morgan fingerprint density at radius 2 is 0.471 bits per heavy atom. The first-order valence-corrected chi connectivity index (χ1v) is 16.1. The van der Waals surface area contributed by atoms with Crippen LogP contribution in [0.25, 0.3) is 0 Å². The summed E-state index contributed by atoms with van der Waals surface area (Å²) in [6.45, 7) is 15.2. The molecule has 34 heavy (non-hydrogen) atoms. The molecule has 2 heteroatoms. The van der Waals surface area contributed by atoms with Crippen molar-refractivity contribution in [1.82, 2.24) is 0 Å². The summed E-state index contributed by atoms with van der Waals surface area (Å²) in [6, 6.07) is 0. The van der Waals surface area contributed by atoms with E-state index in [2.05, 4.69) is 27.7 Å². The summed E-state index contributed by atoms with van der Waals surface area (Å²) < 4.78 is 1.45. The van der Waals surface area contributed by atoms with Gasteiger partial charge in [0.15, 0.2) is 0 Å². The van der Waals surface area contributed by atoms with Gasteiger partial charge in [-0.25, -0.2) is 0 Å². The van der Waals surface area contributed by atoms with Gasteiger partial charge in [0.25, 0.3) is 0 Å². The molecule has 0 aromatic carbocycles. The minimum absolute atomic E-state index is 0. The van der Waals surface area contributed by atoms with Crippen LogP contribution in [0, 0.1) is 0 Å². The molecule has 0 aliphatic rings. The van der Waals surface area contributed by atoms with E-state index in [1.807, 2.05) is 0 Å². The van der Waals surface area contributed by atoms with Gasteiger partial charge in [-0.05, 0) is 38.5 Å². The van der Waals surface area contributed by atoms with Crippen LogP contribution in [0.1, 0.15) is 182 Å². The second-order valence-electron chi connectivity index (χ2n) is 11.3. The molecule has 0 aliphatic heterocycles. The smallest absolute Gasteiger partial charge is 0.0786 e. The number of quaternary nitrogens is 1. The van der Waals surface area contributed by atoms with Gasteiger partial charge in [-0.15, -0.1) is 0 Å². The lowest BCUT2D eigenvalue weighted by Gasteiger charge is -2.39. The van der Waals surface area contributed by atoms with Crippen LogP contribution < -0.4 is 24.0 Å².